The van der Waals surface area contributed by atoms with Gasteiger partial charge in [-0.25, -0.2) is 0 Å². The van der Waals surface area contributed by atoms with Crippen molar-refractivity contribution in [1.29, 1.82) is 0 Å². The third-order valence-corrected chi connectivity index (χ3v) is 5.14. The molecule has 0 spiro atoms. The molecular weight excluding hydrogens is 384 g/mol. The Morgan fingerprint density at radius 1 is 0.966 bits per heavy atom. The predicted molar refractivity (Wildman–Crippen MR) is 117 cm³/mol. The van der Waals surface area contributed by atoms with Crippen LogP contribution in [0.5, 0.6) is 5.75 Å². The zero-order chi connectivity index (χ0) is 20.5. The van der Waals surface area contributed by atoms with Gasteiger partial charge in [0, 0.05) is 17.8 Å². The zero-order valence-electron chi connectivity index (χ0n) is 16.3. The molecule has 6 heteroatoms. The number of amides is 2. The largest absolute Gasteiger partial charge is 0.494 e. The summed E-state index contributed by atoms with van der Waals surface area (Å²) in [5.41, 5.74) is 2.32. The molecule has 0 fully saturated rings. The number of thiophene rings is 1. The Labute approximate surface area is 174 Å². The van der Waals surface area contributed by atoms with Crippen molar-refractivity contribution in [3.8, 4) is 5.75 Å². The van der Waals surface area contributed by atoms with Gasteiger partial charge in [0.15, 0.2) is 0 Å². The Hall–Kier alpha value is -3.12. The number of nitrogens with one attached hydrogen (secondary N) is 2. The van der Waals surface area contributed by atoms with E-state index in [0.717, 1.165) is 18.6 Å². The van der Waals surface area contributed by atoms with Crippen molar-refractivity contribution >= 4 is 28.8 Å². The van der Waals surface area contributed by atoms with Gasteiger partial charge in [0.25, 0.3) is 11.8 Å². The Kier molecular flexibility index (Phi) is 7.41. The molecule has 0 bridgehead atoms. The number of unbranched alkanes of at least 4 members (excludes halogenated alkanes) is 1. The fourth-order valence-corrected chi connectivity index (χ4v) is 3.31. The van der Waals surface area contributed by atoms with Gasteiger partial charge in [0.1, 0.15) is 5.75 Å². The van der Waals surface area contributed by atoms with E-state index in [1.54, 1.807) is 30.3 Å². The number of rotatable bonds is 9. The van der Waals surface area contributed by atoms with Crippen LogP contribution >= 0.6 is 11.3 Å². The number of benzene rings is 2. The molecule has 29 heavy (non-hydrogen) atoms. The predicted octanol–water partition coefficient (Wildman–Crippen LogP) is 4.90. The second-order valence-electron chi connectivity index (χ2n) is 6.64. The number of anilines is 1. The number of carbonyl (C=O) groups excluding carboxylic acids is 2. The lowest BCUT2D eigenvalue weighted by molar-refractivity contribution is 0.0951. The van der Waals surface area contributed by atoms with Crippen LogP contribution in [-0.4, -0.2) is 25.0 Å². The minimum absolute atomic E-state index is 0.156. The van der Waals surface area contributed by atoms with Gasteiger partial charge in [-0.2, -0.15) is 0 Å². The monoisotopic (exact) mass is 408 g/mol. The highest BCUT2D eigenvalue weighted by Gasteiger charge is 2.09. The summed E-state index contributed by atoms with van der Waals surface area (Å²) in [6.45, 7) is 3.23. The van der Waals surface area contributed by atoms with Gasteiger partial charge in [-0.3, -0.25) is 9.59 Å². The van der Waals surface area contributed by atoms with Gasteiger partial charge in [0.2, 0.25) is 0 Å². The van der Waals surface area contributed by atoms with E-state index in [9.17, 15) is 9.59 Å². The topological polar surface area (TPSA) is 67.4 Å². The normalized spacial score (nSPS) is 10.4. The number of hydrogen-bond acceptors (Lipinski definition) is 4. The fraction of sp³-hybridized carbons (Fsp3) is 0.217. The fourth-order valence-electron chi connectivity index (χ4n) is 2.69. The minimum Gasteiger partial charge on any atom is -0.494 e. The van der Waals surface area contributed by atoms with Crippen LogP contribution < -0.4 is 15.4 Å². The van der Waals surface area contributed by atoms with Crippen LogP contribution in [0.3, 0.4) is 0 Å². The summed E-state index contributed by atoms with van der Waals surface area (Å²) >= 11 is 1.38. The maximum atomic E-state index is 12.3. The van der Waals surface area contributed by atoms with Crippen molar-refractivity contribution in [2.24, 2.45) is 0 Å². The zero-order valence-corrected chi connectivity index (χ0v) is 17.1. The number of aryl methyl sites for hydroxylation is 1. The molecule has 0 atom stereocenters. The summed E-state index contributed by atoms with van der Waals surface area (Å²) in [6, 6.07) is 18.5. The van der Waals surface area contributed by atoms with Gasteiger partial charge in [-0.15, -0.1) is 11.3 Å². The van der Waals surface area contributed by atoms with E-state index >= 15 is 0 Å². The first-order chi connectivity index (χ1) is 14.1. The average Bonchev–Trinajstić information content (AvgIpc) is 3.27. The molecule has 3 aromatic rings. The molecule has 0 saturated carbocycles. The number of carbonyl (C=O) groups is 2. The summed E-state index contributed by atoms with van der Waals surface area (Å²) < 4.78 is 5.68. The van der Waals surface area contributed by atoms with Crippen LogP contribution in [-0.2, 0) is 0 Å². The van der Waals surface area contributed by atoms with E-state index in [0.29, 0.717) is 29.3 Å². The van der Waals surface area contributed by atoms with Crippen LogP contribution in [0.2, 0.25) is 0 Å². The lowest BCUT2D eigenvalue weighted by Crippen LogP contribution is -2.25. The molecule has 1 aromatic heterocycles. The molecule has 0 aliphatic carbocycles. The van der Waals surface area contributed by atoms with Crippen molar-refractivity contribution in [3.05, 3.63) is 82.0 Å². The first-order valence-corrected chi connectivity index (χ1v) is 10.4. The molecule has 2 N–H and O–H groups in total. The lowest BCUT2D eigenvalue weighted by Gasteiger charge is -2.09. The smallest absolute Gasteiger partial charge is 0.265 e. The first-order valence-electron chi connectivity index (χ1n) is 9.54. The SMILES string of the molecule is Cc1ccc(OCCCCNC(=O)c2cccc(NC(=O)c3cccs3)c2)cc1. The van der Waals surface area contributed by atoms with Crippen LogP contribution in [0.15, 0.2) is 66.0 Å². The van der Waals surface area contributed by atoms with Crippen LogP contribution in [0.1, 0.15) is 38.4 Å². The Bertz CT molecular complexity index is 937. The molecule has 3 rings (SSSR count). The molecule has 0 radical (unpaired) electrons. The molecule has 0 aliphatic rings. The van der Waals surface area contributed by atoms with Crippen molar-refractivity contribution in [3.63, 3.8) is 0 Å². The van der Waals surface area contributed by atoms with Crippen LogP contribution in [0.25, 0.3) is 0 Å². The molecule has 5 nitrogen and oxygen atoms in total. The number of hydrogen-bond donors (Lipinski definition) is 2. The second-order valence-corrected chi connectivity index (χ2v) is 7.58. The summed E-state index contributed by atoms with van der Waals surface area (Å²) in [6.07, 6.45) is 1.68. The third-order valence-electron chi connectivity index (χ3n) is 4.27. The van der Waals surface area contributed by atoms with E-state index in [4.69, 9.17) is 4.74 Å². The Morgan fingerprint density at radius 3 is 2.55 bits per heavy atom. The average molecular weight is 409 g/mol. The van der Waals surface area contributed by atoms with Crippen molar-refractivity contribution in [2.45, 2.75) is 19.8 Å². The van der Waals surface area contributed by atoms with Gasteiger partial charge in [-0.05, 0) is 61.5 Å². The van der Waals surface area contributed by atoms with E-state index in [2.05, 4.69) is 10.6 Å². The third kappa shape index (κ3) is 6.47. The molecule has 0 unspecified atom stereocenters. The van der Waals surface area contributed by atoms with E-state index in [1.165, 1.54) is 16.9 Å². The Morgan fingerprint density at radius 2 is 1.79 bits per heavy atom. The van der Waals surface area contributed by atoms with Gasteiger partial charge >= 0.3 is 0 Å². The van der Waals surface area contributed by atoms with Crippen molar-refractivity contribution in [2.75, 3.05) is 18.5 Å². The molecule has 0 saturated heterocycles. The molecule has 2 amide bonds. The summed E-state index contributed by atoms with van der Waals surface area (Å²) in [5, 5.41) is 7.58. The highest BCUT2D eigenvalue weighted by atomic mass is 32.1. The summed E-state index contributed by atoms with van der Waals surface area (Å²) in [7, 11) is 0. The highest BCUT2D eigenvalue weighted by molar-refractivity contribution is 7.12. The van der Waals surface area contributed by atoms with Crippen LogP contribution in [0.4, 0.5) is 5.69 Å². The summed E-state index contributed by atoms with van der Waals surface area (Å²) in [5.74, 6) is 0.531. The van der Waals surface area contributed by atoms with Crippen molar-refractivity contribution in [1.82, 2.24) is 5.32 Å². The van der Waals surface area contributed by atoms with Gasteiger partial charge in [0.05, 0.1) is 11.5 Å². The van der Waals surface area contributed by atoms with Gasteiger partial charge in [-0.1, -0.05) is 29.8 Å². The maximum absolute atomic E-state index is 12.3. The molecule has 150 valence electrons. The van der Waals surface area contributed by atoms with Crippen LogP contribution in [0, 0.1) is 6.92 Å². The van der Waals surface area contributed by atoms with E-state index in [1.807, 2.05) is 42.6 Å². The first kappa shape index (κ1) is 20.6. The van der Waals surface area contributed by atoms with Crippen molar-refractivity contribution < 1.29 is 14.3 Å². The standard InChI is InChI=1S/C23H24N2O3S/c1-17-9-11-20(12-10-17)28-14-3-2-13-24-22(26)18-6-4-7-19(16-18)25-23(27)21-8-5-15-29-21/h4-12,15-16H,2-3,13-14H2,1H3,(H,24,26)(H,25,27). The highest BCUT2D eigenvalue weighted by Crippen LogP contribution is 2.15. The molecular formula is C23H24N2O3S. The minimum atomic E-state index is -0.175. The lowest BCUT2D eigenvalue weighted by atomic mass is 10.2. The van der Waals surface area contributed by atoms with E-state index < -0.39 is 0 Å². The maximum Gasteiger partial charge on any atom is 0.265 e. The summed E-state index contributed by atoms with van der Waals surface area (Å²) in [4.78, 5) is 25.1. The molecule has 0 aliphatic heterocycles. The Balaban J connectivity index is 1.39. The van der Waals surface area contributed by atoms with E-state index in [-0.39, 0.29) is 11.8 Å². The second kappa shape index (κ2) is 10.4. The van der Waals surface area contributed by atoms with Gasteiger partial charge < -0.3 is 15.4 Å². The molecule has 2 aromatic carbocycles. The molecule has 1 heterocycles. The quantitative estimate of drug-likeness (QED) is 0.495. The number of ether oxygens (including phenoxy) is 1.